The van der Waals surface area contributed by atoms with Crippen LogP contribution in [0.4, 0.5) is 8.78 Å². The molecule has 2 atom stereocenters. The van der Waals surface area contributed by atoms with Gasteiger partial charge in [-0.05, 0) is 61.2 Å². The van der Waals surface area contributed by atoms with Gasteiger partial charge in [-0.2, -0.15) is 0 Å². The lowest BCUT2D eigenvalue weighted by Crippen LogP contribution is -2.62. The molecule has 32 heavy (non-hydrogen) atoms. The molecule has 0 aliphatic carbocycles. The zero-order valence-corrected chi connectivity index (χ0v) is 18.6. The van der Waals surface area contributed by atoms with Crippen molar-refractivity contribution in [1.82, 2.24) is 15.5 Å². The highest BCUT2D eigenvalue weighted by atomic mass is 19.1. The first kappa shape index (κ1) is 23.4. The van der Waals surface area contributed by atoms with E-state index in [-0.39, 0.29) is 36.3 Å². The summed E-state index contributed by atoms with van der Waals surface area (Å²) in [6, 6.07) is 9.24. The van der Waals surface area contributed by atoms with Crippen LogP contribution in [0.3, 0.4) is 0 Å². The van der Waals surface area contributed by atoms with Crippen LogP contribution in [-0.2, 0) is 11.3 Å². The van der Waals surface area contributed by atoms with Crippen molar-refractivity contribution in [2.75, 3.05) is 0 Å². The largest absolute Gasteiger partial charge is 0.350 e. The summed E-state index contributed by atoms with van der Waals surface area (Å²) in [6.07, 6.45) is 0.209. The molecule has 0 spiro atoms. The molecular formula is C24H28F2N4O2. The van der Waals surface area contributed by atoms with Crippen LogP contribution in [0.1, 0.15) is 61.6 Å². The van der Waals surface area contributed by atoms with Gasteiger partial charge < -0.3 is 10.6 Å². The van der Waals surface area contributed by atoms with Crippen molar-refractivity contribution in [1.29, 1.82) is 5.41 Å². The number of benzene rings is 2. The van der Waals surface area contributed by atoms with Crippen molar-refractivity contribution in [2.45, 2.75) is 52.2 Å². The lowest BCUT2D eigenvalue weighted by molar-refractivity contribution is -0.131. The Morgan fingerprint density at radius 3 is 2.53 bits per heavy atom. The maximum absolute atomic E-state index is 14.3. The predicted molar refractivity (Wildman–Crippen MR) is 118 cm³/mol. The van der Waals surface area contributed by atoms with Crippen LogP contribution in [-0.4, -0.2) is 28.2 Å². The molecule has 0 radical (unpaired) electrons. The van der Waals surface area contributed by atoms with Crippen molar-refractivity contribution in [3.63, 3.8) is 0 Å². The molecule has 2 amide bonds. The molecule has 1 aliphatic rings. The molecule has 0 aromatic heterocycles. The van der Waals surface area contributed by atoms with E-state index in [1.807, 2.05) is 20.8 Å². The number of nitrogens with zero attached hydrogens (tertiary/aromatic N) is 1. The highest BCUT2D eigenvalue weighted by Crippen LogP contribution is 2.27. The van der Waals surface area contributed by atoms with E-state index in [1.165, 1.54) is 29.2 Å². The second-order valence-electron chi connectivity index (χ2n) is 8.80. The first-order chi connectivity index (χ1) is 15.0. The Bertz CT molecular complexity index is 1040. The maximum atomic E-state index is 14.3. The number of amides is 2. The monoisotopic (exact) mass is 442 g/mol. The summed E-state index contributed by atoms with van der Waals surface area (Å²) in [7, 11) is 0. The van der Waals surface area contributed by atoms with Gasteiger partial charge in [0, 0.05) is 11.1 Å². The molecule has 3 rings (SSSR count). The van der Waals surface area contributed by atoms with Gasteiger partial charge in [-0.15, -0.1) is 0 Å². The molecule has 1 aliphatic heterocycles. The third kappa shape index (κ3) is 5.12. The lowest BCUT2D eigenvalue weighted by atomic mass is 9.83. The number of carbonyl (C=O) groups excluding carboxylic acids is 2. The Morgan fingerprint density at radius 2 is 1.91 bits per heavy atom. The van der Waals surface area contributed by atoms with Gasteiger partial charge in [0.15, 0.2) is 5.96 Å². The summed E-state index contributed by atoms with van der Waals surface area (Å²) in [4.78, 5) is 26.6. The number of hydrogen-bond acceptors (Lipinski definition) is 3. The number of carbonyl (C=O) groups is 2. The molecule has 0 unspecified atom stereocenters. The molecule has 2 aromatic carbocycles. The van der Waals surface area contributed by atoms with Crippen LogP contribution in [0.15, 0.2) is 42.5 Å². The fourth-order valence-electron chi connectivity index (χ4n) is 3.63. The zero-order valence-electron chi connectivity index (χ0n) is 18.6. The van der Waals surface area contributed by atoms with Gasteiger partial charge in [-0.25, -0.2) is 8.78 Å². The summed E-state index contributed by atoms with van der Waals surface area (Å²) in [5, 5.41) is 14.1. The van der Waals surface area contributed by atoms with Crippen molar-refractivity contribution in [2.24, 2.45) is 5.92 Å². The highest BCUT2D eigenvalue weighted by Gasteiger charge is 2.40. The lowest BCUT2D eigenvalue weighted by Gasteiger charge is -2.43. The van der Waals surface area contributed by atoms with Gasteiger partial charge in [0.25, 0.3) is 5.91 Å². The minimum atomic E-state index is -0.623. The molecule has 3 N–H and O–H groups in total. The Morgan fingerprint density at radius 1 is 1.19 bits per heavy atom. The van der Waals surface area contributed by atoms with E-state index in [1.54, 1.807) is 19.1 Å². The molecular weight excluding hydrogens is 414 g/mol. The minimum absolute atomic E-state index is 0.0314. The number of halogens is 2. The Balaban J connectivity index is 1.75. The molecule has 8 heteroatoms. The highest BCUT2D eigenvalue weighted by molar-refractivity contribution is 5.99. The van der Waals surface area contributed by atoms with Crippen molar-refractivity contribution >= 4 is 17.8 Å². The Kier molecular flexibility index (Phi) is 6.62. The maximum Gasteiger partial charge on any atom is 0.251 e. The van der Waals surface area contributed by atoms with Gasteiger partial charge in [0.2, 0.25) is 5.91 Å². The fourth-order valence-corrected chi connectivity index (χ4v) is 3.63. The molecule has 6 nitrogen and oxygen atoms in total. The molecule has 1 fully saturated rings. The van der Waals surface area contributed by atoms with Crippen LogP contribution < -0.4 is 10.6 Å². The molecule has 2 aromatic rings. The normalized spacial score (nSPS) is 19.7. The van der Waals surface area contributed by atoms with Crippen LogP contribution in [0.25, 0.3) is 0 Å². The third-order valence-electron chi connectivity index (χ3n) is 6.02. The summed E-state index contributed by atoms with van der Waals surface area (Å²) in [6.45, 7) is 7.52. The first-order valence-electron chi connectivity index (χ1n) is 10.5. The van der Waals surface area contributed by atoms with E-state index in [2.05, 4.69) is 10.6 Å². The zero-order chi connectivity index (χ0) is 23.6. The Labute approximate surface area is 186 Å². The van der Waals surface area contributed by atoms with Gasteiger partial charge in [0.05, 0.1) is 19.0 Å². The average molecular weight is 443 g/mol. The molecule has 0 saturated carbocycles. The number of hydrogen-bond donors (Lipinski definition) is 3. The second-order valence-corrected chi connectivity index (χ2v) is 8.80. The average Bonchev–Trinajstić information content (AvgIpc) is 2.70. The van der Waals surface area contributed by atoms with Crippen molar-refractivity contribution < 1.29 is 18.4 Å². The molecule has 0 bridgehead atoms. The number of rotatable bonds is 6. The number of nitrogens with one attached hydrogen (secondary N) is 3. The summed E-state index contributed by atoms with van der Waals surface area (Å²) in [5.41, 5.74) is 0.535. The standard InChI is InChI=1S/C24H28F2N4O2/c1-14(2)24(4)12-21(31)30(23(27)29-24)13-16-8-18(11-20(26)9-16)22(32)28-15(3)17-6-5-7-19(25)10-17/h5-11,14-15H,12-13H2,1-4H3,(H2,27,29)(H,28,32)/t15-,24-/m0/s1. The third-order valence-corrected chi connectivity index (χ3v) is 6.02. The van der Waals surface area contributed by atoms with Crippen molar-refractivity contribution in [3.05, 3.63) is 70.8 Å². The van der Waals surface area contributed by atoms with E-state index >= 15 is 0 Å². The van der Waals surface area contributed by atoms with Gasteiger partial charge in [-0.1, -0.05) is 26.0 Å². The quantitative estimate of drug-likeness (QED) is 0.629. The van der Waals surface area contributed by atoms with Gasteiger partial charge >= 0.3 is 0 Å². The van der Waals surface area contributed by atoms with E-state index in [4.69, 9.17) is 5.41 Å². The molecule has 170 valence electrons. The van der Waals surface area contributed by atoms with Crippen molar-refractivity contribution in [3.8, 4) is 0 Å². The molecule has 1 saturated heterocycles. The Hall–Kier alpha value is -3.29. The summed E-state index contributed by atoms with van der Waals surface area (Å²) < 4.78 is 27.7. The van der Waals surface area contributed by atoms with Crippen LogP contribution >= 0.6 is 0 Å². The smallest absolute Gasteiger partial charge is 0.251 e. The van der Waals surface area contributed by atoms with E-state index < -0.39 is 29.1 Å². The minimum Gasteiger partial charge on any atom is -0.350 e. The van der Waals surface area contributed by atoms with Gasteiger partial charge in [0.1, 0.15) is 11.6 Å². The van der Waals surface area contributed by atoms with Crippen LogP contribution in [0.2, 0.25) is 0 Å². The molecule has 1 heterocycles. The number of guanidine groups is 1. The topological polar surface area (TPSA) is 85.3 Å². The van der Waals surface area contributed by atoms with E-state index in [0.717, 1.165) is 6.07 Å². The summed E-state index contributed by atoms with van der Waals surface area (Å²) >= 11 is 0. The predicted octanol–water partition coefficient (Wildman–Crippen LogP) is 4.13. The van der Waals surface area contributed by atoms with Crippen LogP contribution in [0.5, 0.6) is 0 Å². The fraction of sp³-hybridized carbons (Fsp3) is 0.375. The van der Waals surface area contributed by atoms with Gasteiger partial charge in [-0.3, -0.25) is 19.9 Å². The SMILES string of the molecule is CC(C)[C@]1(C)CC(=O)N(Cc2cc(F)cc(C(=O)N[C@@H](C)c3cccc(F)c3)c2)C(=N)N1. The summed E-state index contributed by atoms with van der Waals surface area (Å²) in [5.74, 6) is -1.70. The van der Waals surface area contributed by atoms with Crippen LogP contribution in [0, 0.1) is 23.0 Å². The second kappa shape index (κ2) is 9.06. The van der Waals surface area contributed by atoms with E-state index in [0.29, 0.717) is 11.1 Å². The van der Waals surface area contributed by atoms with E-state index in [9.17, 15) is 18.4 Å². The first-order valence-corrected chi connectivity index (χ1v) is 10.5.